The monoisotopic (exact) mass is 261 g/mol. The molecule has 1 atom stereocenters. The minimum absolute atomic E-state index is 0.659. The third-order valence-electron chi connectivity index (χ3n) is 4.44. The van der Waals surface area contributed by atoms with Crippen molar-refractivity contribution in [2.75, 3.05) is 19.6 Å². The van der Waals surface area contributed by atoms with Gasteiger partial charge < -0.3 is 10.0 Å². The lowest BCUT2D eigenvalue weighted by molar-refractivity contribution is 0.0135. The molecule has 0 radical (unpaired) electrons. The summed E-state index contributed by atoms with van der Waals surface area (Å²) in [6, 6.07) is 10.1. The molecule has 1 aliphatic heterocycles. The molecule has 1 aromatic carbocycles. The molecule has 1 N–H and O–H groups in total. The predicted octanol–water partition coefficient (Wildman–Crippen LogP) is 3.55. The Bertz CT molecular complexity index is 357. The van der Waals surface area contributed by atoms with Crippen molar-refractivity contribution in [3.05, 3.63) is 35.9 Å². The molecule has 1 fully saturated rings. The van der Waals surface area contributed by atoms with Crippen molar-refractivity contribution in [1.82, 2.24) is 4.90 Å². The first-order chi connectivity index (χ1) is 9.24. The van der Waals surface area contributed by atoms with Crippen LogP contribution in [0.3, 0.4) is 0 Å². The van der Waals surface area contributed by atoms with Gasteiger partial charge in [0.05, 0.1) is 5.60 Å². The van der Waals surface area contributed by atoms with E-state index in [1.807, 2.05) is 30.3 Å². The standard InChI is InChI=1S/C17H27NO/c1-2-17(19,16-10-6-5-7-11-16)12-15-18-13-8-3-4-9-14-18/h5-7,10-11,19H,2-4,8-9,12-15H2,1H3/t17-/m0/s1. The average Bonchev–Trinajstić information content (AvgIpc) is 2.74. The van der Waals surface area contributed by atoms with E-state index in [4.69, 9.17) is 0 Å². The average molecular weight is 261 g/mol. The fourth-order valence-corrected chi connectivity index (χ4v) is 2.98. The molecule has 0 unspecified atom stereocenters. The number of likely N-dealkylation sites (tertiary alicyclic amines) is 1. The third kappa shape index (κ3) is 4.05. The highest BCUT2D eigenvalue weighted by atomic mass is 16.3. The molecule has 106 valence electrons. The fourth-order valence-electron chi connectivity index (χ4n) is 2.98. The van der Waals surface area contributed by atoms with Crippen LogP contribution in [0, 0.1) is 0 Å². The summed E-state index contributed by atoms with van der Waals surface area (Å²) in [5.74, 6) is 0. The number of hydrogen-bond donors (Lipinski definition) is 1. The summed E-state index contributed by atoms with van der Waals surface area (Å²) >= 11 is 0. The summed E-state index contributed by atoms with van der Waals surface area (Å²) in [6.45, 7) is 5.50. The number of hydrogen-bond acceptors (Lipinski definition) is 2. The molecule has 0 aromatic heterocycles. The van der Waals surface area contributed by atoms with Gasteiger partial charge in [-0.1, -0.05) is 50.1 Å². The van der Waals surface area contributed by atoms with Crippen molar-refractivity contribution in [3.8, 4) is 0 Å². The van der Waals surface area contributed by atoms with Gasteiger partial charge in [0.1, 0.15) is 0 Å². The number of benzene rings is 1. The second kappa shape index (κ2) is 7.06. The first-order valence-electron chi connectivity index (χ1n) is 7.75. The van der Waals surface area contributed by atoms with Crippen LogP contribution < -0.4 is 0 Å². The maximum absolute atomic E-state index is 10.9. The predicted molar refractivity (Wildman–Crippen MR) is 80.2 cm³/mol. The molecule has 0 saturated carbocycles. The third-order valence-corrected chi connectivity index (χ3v) is 4.44. The van der Waals surface area contributed by atoms with Crippen LogP contribution in [0.15, 0.2) is 30.3 Å². The molecular weight excluding hydrogens is 234 g/mol. The highest BCUT2D eigenvalue weighted by molar-refractivity contribution is 5.22. The number of rotatable bonds is 5. The Morgan fingerprint density at radius 2 is 1.68 bits per heavy atom. The van der Waals surface area contributed by atoms with Gasteiger partial charge in [0.25, 0.3) is 0 Å². The van der Waals surface area contributed by atoms with E-state index in [9.17, 15) is 5.11 Å². The first kappa shape index (κ1) is 14.5. The van der Waals surface area contributed by atoms with Crippen molar-refractivity contribution in [2.45, 2.75) is 51.0 Å². The molecule has 2 heteroatoms. The van der Waals surface area contributed by atoms with E-state index in [1.54, 1.807) is 0 Å². The van der Waals surface area contributed by atoms with Gasteiger partial charge in [-0.05, 0) is 44.3 Å². The molecular formula is C17H27NO. The van der Waals surface area contributed by atoms with Crippen LogP contribution in [-0.4, -0.2) is 29.6 Å². The molecule has 0 amide bonds. The van der Waals surface area contributed by atoms with E-state index >= 15 is 0 Å². The summed E-state index contributed by atoms with van der Waals surface area (Å²) in [7, 11) is 0. The summed E-state index contributed by atoms with van der Waals surface area (Å²) in [4.78, 5) is 2.52. The second-order valence-corrected chi connectivity index (χ2v) is 5.76. The highest BCUT2D eigenvalue weighted by Gasteiger charge is 2.27. The molecule has 1 aliphatic rings. The lowest BCUT2D eigenvalue weighted by atomic mass is 9.88. The Balaban J connectivity index is 1.94. The summed E-state index contributed by atoms with van der Waals surface area (Å²) in [6.07, 6.45) is 6.99. The summed E-state index contributed by atoms with van der Waals surface area (Å²) in [5, 5.41) is 10.9. The molecule has 0 aliphatic carbocycles. The quantitative estimate of drug-likeness (QED) is 0.876. The second-order valence-electron chi connectivity index (χ2n) is 5.76. The SMILES string of the molecule is CC[C@](O)(CCN1CCCCCC1)c1ccccc1. The van der Waals surface area contributed by atoms with Gasteiger partial charge in [0.15, 0.2) is 0 Å². The summed E-state index contributed by atoms with van der Waals surface area (Å²) in [5.41, 5.74) is 0.403. The van der Waals surface area contributed by atoms with E-state index in [1.165, 1.54) is 38.8 Å². The van der Waals surface area contributed by atoms with Crippen LogP contribution in [0.5, 0.6) is 0 Å². The van der Waals surface area contributed by atoms with Gasteiger partial charge in [0, 0.05) is 6.54 Å². The van der Waals surface area contributed by atoms with E-state index in [0.717, 1.165) is 24.9 Å². The molecule has 0 spiro atoms. The van der Waals surface area contributed by atoms with E-state index in [0.29, 0.717) is 0 Å². The molecule has 0 bridgehead atoms. The van der Waals surface area contributed by atoms with Crippen LogP contribution in [0.1, 0.15) is 51.0 Å². The van der Waals surface area contributed by atoms with Crippen molar-refractivity contribution >= 4 is 0 Å². The summed E-state index contributed by atoms with van der Waals surface area (Å²) < 4.78 is 0. The van der Waals surface area contributed by atoms with Crippen LogP contribution in [0.2, 0.25) is 0 Å². The molecule has 2 rings (SSSR count). The van der Waals surface area contributed by atoms with Crippen LogP contribution >= 0.6 is 0 Å². The fraction of sp³-hybridized carbons (Fsp3) is 0.647. The van der Waals surface area contributed by atoms with Gasteiger partial charge in [-0.3, -0.25) is 0 Å². The minimum Gasteiger partial charge on any atom is -0.385 e. The first-order valence-corrected chi connectivity index (χ1v) is 7.75. The molecule has 1 heterocycles. The van der Waals surface area contributed by atoms with Gasteiger partial charge >= 0.3 is 0 Å². The van der Waals surface area contributed by atoms with Crippen molar-refractivity contribution in [2.24, 2.45) is 0 Å². The van der Waals surface area contributed by atoms with Crippen LogP contribution in [-0.2, 0) is 5.60 Å². The molecule has 2 nitrogen and oxygen atoms in total. The van der Waals surface area contributed by atoms with E-state index < -0.39 is 5.60 Å². The van der Waals surface area contributed by atoms with Gasteiger partial charge in [-0.15, -0.1) is 0 Å². The number of aliphatic hydroxyl groups is 1. The van der Waals surface area contributed by atoms with E-state index in [2.05, 4.69) is 11.8 Å². The minimum atomic E-state index is -0.659. The normalized spacial score (nSPS) is 20.7. The largest absolute Gasteiger partial charge is 0.385 e. The van der Waals surface area contributed by atoms with Crippen molar-refractivity contribution < 1.29 is 5.11 Å². The van der Waals surface area contributed by atoms with Gasteiger partial charge in [0.2, 0.25) is 0 Å². The Kier molecular flexibility index (Phi) is 5.41. The van der Waals surface area contributed by atoms with Gasteiger partial charge in [-0.25, -0.2) is 0 Å². The Morgan fingerprint density at radius 1 is 1.05 bits per heavy atom. The lowest BCUT2D eigenvalue weighted by Crippen LogP contribution is -2.33. The Morgan fingerprint density at radius 3 is 2.26 bits per heavy atom. The van der Waals surface area contributed by atoms with Crippen LogP contribution in [0.4, 0.5) is 0 Å². The zero-order valence-electron chi connectivity index (χ0n) is 12.1. The Labute approximate surface area is 117 Å². The van der Waals surface area contributed by atoms with Gasteiger partial charge in [-0.2, -0.15) is 0 Å². The number of nitrogens with zero attached hydrogens (tertiary/aromatic N) is 1. The van der Waals surface area contributed by atoms with Crippen molar-refractivity contribution in [3.63, 3.8) is 0 Å². The Hall–Kier alpha value is -0.860. The highest BCUT2D eigenvalue weighted by Crippen LogP contribution is 2.29. The van der Waals surface area contributed by atoms with Crippen molar-refractivity contribution in [1.29, 1.82) is 0 Å². The maximum Gasteiger partial charge on any atom is 0.0906 e. The maximum atomic E-state index is 10.9. The van der Waals surface area contributed by atoms with E-state index in [-0.39, 0.29) is 0 Å². The smallest absolute Gasteiger partial charge is 0.0906 e. The zero-order chi connectivity index (χ0) is 13.6. The molecule has 1 saturated heterocycles. The topological polar surface area (TPSA) is 23.5 Å². The van der Waals surface area contributed by atoms with Crippen LogP contribution in [0.25, 0.3) is 0 Å². The zero-order valence-corrected chi connectivity index (χ0v) is 12.1. The molecule has 19 heavy (non-hydrogen) atoms. The lowest BCUT2D eigenvalue weighted by Gasteiger charge is -2.30. The molecule has 1 aromatic rings.